The Morgan fingerprint density at radius 3 is 2.39 bits per heavy atom. The Morgan fingerprint density at radius 1 is 1.11 bits per heavy atom. The monoisotopic (exact) mass is 512 g/mol. The van der Waals surface area contributed by atoms with E-state index >= 15 is 0 Å². The summed E-state index contributed by atoms with van der Waals surface area (Å²) in [5.74, 6) is 0.660. The number of rotatable bonds is 7. The van der Waals surface area contributed by atoms with Crippen molar-refractivity contribution in [3.8, 4) is 17.1 Å². The van der Waals surface area contributed by atoms with Crippen LogP contribution in [0.5, 0.6) is 5.75 Å². The molecule has 1 aliphatic heterocycles. The molecule has 0 bridgehead atoms. The summed E-state index contributed by atoms with van der Waals surface area (Å²) < 4.78 is 38.4. The number of sulfonamides is 1. The molecule has 1 fully saturated rings. The van der Waals surface area contributed by atoms with Crippen LogP contribution < -0.4 is 4.74 Å². The molecule has 1 aromatic heterocycles. The maximum Gasteiger partial charge on any atom is 0.257 e. The van der Waals surface area contributed by atoms with Crippen molar-refractivity contribution in [2.24, 2.45) is 0 Å². The number of carbonyl (C=O) groups excluding carboxylic acids is 1. The summed E-state index contributed by atoms with van der Waals surface area (Å²) in [6.45, 7) is 7.60. The Balaban J connectivity index is 1.53. The SMILES string of the molecule is COc1ccc(S(=O)(=O)N(C)Cc2nc(-c3ccc(C(C)(C)C)cc3)no2)cc1C(=O)N1CCCC1. The Bertz CT molecular complexity index is 1340. The second-order valence-corrected chi connectivity index (χ2v) is 12.0. The first-order chi connectivity index (χ1) is 17.0. The molecule has 0 aliphatic carbocycles. The van der Waals surface area contributed by atoms with Crippen molar-refractivity contribution in [3.63, 3.8) is 0 Å². The lowest BCUT2D eigenvalue weighted by atomic mass is 9.87. The summed E-state index contributed by atoms with van der Waals surface area (Å²) in [7, 11) is -1.05. The van der Waals surface area contributed by atoms with Crippen LogP contribution in [0.4, 0.5) is 0 Å². The van der Waals surface area contributed by atoms with Crippen molar-refractivity contribution in [2.45, 2.75) is 50.5 Å². The van der Waals surface area contributed by atoms with E-state index in [1.54, 1.807) is 4.90 Å². The van der Waals surface area contributed by atoms with Gasteiger partial charge in [0.1, 0.15) is 5.75 Å². The fourth-order valence-corrected chi connectivity index (χ4v) is 5.26. The summed E-state index contributed by atoms with van der Waals surface area (Å²) in [5, 5.41) is 4.02. The van der Waals surface area contributed by atoms with Gasteiger partial charge >= 0.3 is 0 Å². The van der Waals surface area contributed by atoms with E-state index in [0.717, 1.165) is 22.7 Å². The minimum Gasteiger partial charge on any atom is -0.496 e. The molecular formula is C26H32N4O5S. The summed E-state index contributed by atoms with van der Waals surface area (Å²) in [5.41, 5.74) is 2.22. The van der Waals surface area contributed by atoms with Crippen molar-refractivity contribution < 1.29 is 22.5 Å². The molecule has 36 heavy (non-hydrogen) atoms. The third kappa shape index (κ3) is 5.29. The lowest BCUT2D eigenvalue weighted by Crippen LogP contribution is -2.29. The minimum absolute atomic E-state index is 0.00847. The molecule has 0 saturated carbocycles. The van der Waals surface area contributed by atoms with Crippen LogP contribution in [0.2, 0.25) is 0 Å². The van der Waals surface area contributed by atoms with Crippen LogP contribution >= 0.6 is 0 Å². The van der Waals surface area contributed by atoms with Gasteiger partial charge in [0.15, 0.2) is 0 Å². The molecule has 3 aromatic rings. The van der Waals surface area contributed by atoms with E-state index in [1.807, 2.05) is 24.3 Å². The molecule has 1 saturated heterocycles. The molecule has 1 aliphatic rings. The zero-order valence-electron chi connectivity index (χ0n) is 21.3. The molecule has 4 rings (SSSR count). The highest BCUT2D eigenvalue weighted by Gasteiger charge is 2.28. The van der Waals surface area contributed by atoms with E-state index in [-0.39, 0.29) is 34.2 Å². The van der Waals surface area contributed by atoms with Crippen molar-refractivity contribution in [2.75, 3.05) is 27.2 Å². The van der Waals surface area contributed by atoms with Gasteiger partial charge in [-0.1, -0.05) is 50.2 Å². The summed E-state index contributed by atoms with van der Waals surface area (Å²) in [4.78, 5) is 19.1. The Labute approximate surface area is 212 Å². The number of hydrogen-bond acceptors (Lipinski definition) is 7. The second-order valence-electron chi connectivity index (χ2n) is 9.96. The number of nitrogens with zero attached hydrogens (tertiary/aromatic N) is 4. The van der Waals surface area contributed by atoms with Crippen LogP contribution in [0.3, 0.4) is 0 Å². The normalized spacial score (nSPS) is 14.4. The highest BCUT2D eigenvalue weighted by Crippen LogP contribution is 2.28. The molecule has 2 aromatic carbocycles. The largest absolute Gasteiger partial charge is 0.496 e. The van der Waals surface area contributed by atoms with Crippen LogP contribution in [0.15, 0.2) is 51.9 Å². The first-order valence-electron chi connectivity index (χ1n) is 11.9. The molecule has 0 radical (unpaired) electrons. The lowest BCUT2D eigenvalue weighted by Gasteiger charge is -2.19. The summed E-state index contributed by atoms with van der Waals surface area (Å²) in [6, 6.07) is 12.2. The third-order valence-corrected chi connectivity index (χ3v) is 8.14. The number of methoxy groups -OCH3 is 1. The first-order valence-corrected chi connectivity index (χ1v) is 13.3. The smallest absolute Gasteiger partial charge is 0.257 e. The van der Waals surface area contributed by atoms with Crippen molar-refractivity contribution in [1.82, 2.24) is 19.3 Å². The van der Waals surface area contributed by atoms with Crippen molar-refractivity contribution in [1.29, 1.82) is 0 Å². The van der Waals surface area contributed by atoms with Crippen LogP contribution in [0.25, 0.3) is 11.4 Å². The molecular weight excluding hydrogens is 480 g/mol. The van der Waals surface area contributed by atoms with Crippen LogP contribution in [0, 0.1) is 0 Å². The van der Waals surface area contributed by atoms with Gasteiger partial charge in [0.05, 0.1) is 24.1 Å². The molecule has 10 heteroatoms. The fraction of sp³-hybridized carbons (Fsp3) is 0.423. The average molecular weight is 513 g/mol. The molecule has 0 spiro atoms. The van der Waals surface area contributed by atoms with Gasteiger partial charge in [-0.25, -0.2) is 8.42 Å². The topological polar surface area (TPSA) is 106 Å². The van der Waals surface area contributed by atoms with Gasteiger partial charge in [-0.15, -0.1) is 0 Å². The maximum absolute atomic E-state index is 13.3. The number of hydrogen-bond donors (Lipinski definition) is 0. The number of ether oxygens (including phenoxy) is 1. The summed E-state index contributed by atoms with van der Waals surface area (Å²) >= 11 is 0. The maximum atomic E-state index is 13.3. The third-order valence-electron chi connectivity index (χ3n) is 6.34. The van der Waals surface area contributed by atoms with Gasteiger partial charge in [-0.2, -0.15) is 9.29 Å². The fourth-order valence-electron chi connectivity index (χ4n) is 4.12. The molecule has 1 amide bonds. The van der Waals surface area contributed by atoms with Gasteiger partial charge in [-0.3, -0.25) is 4.79 Å². The predicted molar refractivity (Wildman–Crippen MR) is 135 cm³/mol. The van der Waals surface area contributed by atoms with Gasteiger partial charge in [-0.05, 0) is 42.0 Å². The number of amides is 1. The Hall–Kier alpha value is -3.24. The zero-order valence-corrected chi connectivity index (χ0v) is 22.1. The minimum atomic E-state index is -3.94. The highest BCUT2D eigenvalue weighted by molar-refractivity contribution is 7.89. The first kappa shape index (κ1) is 25.8. The quantitative estimate of drug-likeness (QED) is 0.469. The van der Waals surface area contributed by atoms with Gasteiger partial charge in [0.25, 0.3) is 5.91 Å². The lowest BCUT2D eigenvalue weighted by molar-refractivity contribution is 0.0789. The van der Waals surface area contributed by atoms with E-state index in [9.17, 15) is 13.2 Å². The van der Waals surface area contributed by atoms with Gasteiger partial charge in [0, 0.05) is 25.7 Å². The molecule has 0 N–H and O–H groups in total. The Morgan fingerprint density at radius 2 is 1.78 bits per heavy atom. The standard InChI is InChI=1S/C26H32N4O5S/c1-26(2,3)19-10-8-18(9-11-19)24-27-23(35-28-24)17-29(4)36(32,33)20-12-13-22(34-5)21(16-20)25(31)30-14-6-7-15-30/h8-13,16H,6-7,14-15,17H2,1-5H3. The molecule has 2 heterocycles. The van der Waals surface area contributed by atoms with E-state index in [0.29, 0.717) is 24.7 Å². The molecule has 0 atom stereocenters. The predicted octanol–water partition coefficient (Wildman–Crippen LogP) is 4.10. The molecule has 192 valence electrons. The average Bonchev–Trinajstić information content (AvgIpc) is 3.55. The van der Waals surface area contributed by atoms with Gasteiger partial charge in [0.2, 0.25) is 21.7 Å². The van der Waals surface area contributed by atoms with Crippen molar-refractivity contribution in [3.05, 3.63) is 59.5 Å². The molecule has 9 nitrogen and oxygen atoms in total. The number of likely N-dealkylation sites (tertiary alicyclic amines) is 1. The number of carbonyl (C=O) groups is 1. The second kappa shape index (κ2) is 10.0. The Kier molecular flexibility index (Phi) is 7.19. The summed E-state index contributed by atoms with van der Waals surface area (Å²) in [6.07, 6.45) is 1.86. The van der Waals surface area contributed by atoms with E-state index in [4.69, 9.17) is 9.26 Å². The van der Waals surface area contributed by atoms with Crippen LogP contribution in [0.1, 0.15) is 55.4 Å². The van der Waals surface area contributed by atoms with E-state index in [2.05, 4.69) is 30.9 Å². The van der Waals surface area contributed by atoms with Crippen LogP contribution in [-0.2, 0) is 22.0 Å². The number of benzene rings is 2. The zero-order chi connectivity index (χ0) is 26.1. The number of aromatic nitrogens is 2. The highest BCUT2D eigenvalue weighted by atomic mass is 32.2. The van der Waals surface area contributed by atoms with Crippen molar-refractivity contribution >= 4 is 15.9 Å². The van der Waals surface area contributed by atoms with Gasteiger partial charge < -0.3 is 14.2 Å². The van der Waals surface area contributed by atoms with E-state index in [1.165, 1.54) is 37.9 Å². The molecule has 0 unspecified atom stereocenters. The van der Waals surface area contributed by atoms with Crippen LogP contribution in [-0.4, -0.2) is 60.9 Å². The van der Waals surface area contributed by atoms with E-state index < -0.39 is 10.0 Å².